The summed E-state index contributed by atoms with van der Waals surface area (Å²) >= 11 is 0. The van der Waals surface area contributed by atoms with Gasteiger partial charge in [-0.05, 0) is 54.4 Å². The van der Waals surface area contributed by atoms with Crippen LogP contribution in [0.15, 0.2) is 61.1 Å². The van der Waals surface area contributed by atoms with Crippen molar-refractivity contribution >= 4 is 28.4 Å². The molecule has 0 saturated carbocycles. The minimum atomic E-state index is -4.54. The van der Waals surface area contributed by atoms with Crippen LogP contribution in [0.5, 0.6) is 11.6 Å². The number of nitrogens with one attached hydrogen (secondary N) is 1. The van der Waals surface area contributed by atoms with Crippen molar-refractivity contribution in [3.05, 3.63) is 72.2 Å². The number of urea groups is 1. The first-order valence-electron chi connectivity index (χ1n) is 10.8. The van der Waals surface area contributed by atoms with Crippen molar-refractivity contribution in [2.45, 2.75) is 25.7 Å². The smallest absolute Gasteiger partial charge is 0.416 e. The van der Waals surface area contributed by atoms with Crippen LogP contribution in [-0.4, -0.2) is 38.9 Å². The first kappa shape index (κ1) is 22.7. The van der Waals surface area contributed by atoms with Crippen molar-refractivity contribution in [3.8, 4) is 11.6 Å². The third kappa shape index (κ3) is 4.14. The molecule has 1 fully saturated rings. The van der Waals surface area contributed by atoms with Gasteiger partial charge in [-0.3, -0.25) is 9.80 Å². The average molecular weight is 483 g/mol. The summed E-state index contributed by atoms with van der Waals surface area (Å²) in [5.74, 6) is 0.835. The van der Waals surface area contributed by atoms with Gasteiger partial charge in [0.15, 0.2) is 6.23 Å². The number of benzene rings is 2. The number of hydrogen-bond acceptors (Lipinski definition) is 5. The van der Waals surface area contributed by atoms with Gasteiger partial charge in [0.25, 0.3) is 0 Å². The van der Waals surface area contributed by atoms with E-state index in [2.05, 4.69) is 15.0 Å². The predicted octanol–water partition coefficient (Wildman–Crippen LogP) is 5.10. The van der Waals surface area contributed by atoms with Gasteiger partial charge in [0.2, 0.25) is 5.88 Å². The highest BCUT2D eigenvalue weighted by atomic mass is 19.4. The predicted molar refractivity (Wildman–Crippen MR) is 122 cm³/mol. The third-order valence-corrected chi connectivity index (χ3v) is 5.79. The summed E-state index contributed by atoms with van der Waals surface area (Å²) in [4.78, 5) is 26.8. The molecule has 11 heteroatoms. The Hall–Kier alpha value is -4.12. The number of aromatic amines is 1. The Morgan fingerprint density at radius 3 is 2.77 bits per heavy atom. The Kier molecular flexibility index (Phi) is 5.56. The molecule has 2 aromatic carbocycles. The maximum atomic E-state index is 13.2. The quantitative estimate of drug-likeness (QED) is 0.412. The molecular weight excluding hydrogens is 463 g/mol. The number of amides is 2. The molecule has 2 aromatic heterocycles. The van der Waals surface area contributed by atoms with E-state index in [-0.39, 0.29) is 12.2 Å². The number of aryl methyl sites for hydroxylation is 1. The average Bonchev–Trinajstić information content (AvgIpc) is 3.43. The van der Waals surface area contributed by atoms with E-state index in [1.807, 2.05) is 6.92 Å². The number of halogens is 3. The van der Waals surface area contributed by atoms with Crippen LogP contribution in [0.2, 0.25) is 0 Å². The second-order valence-electron chi connectivity index (χ2n) is 7.96. The van der Waals surface area contributed by atoms with Gasteiger partial charge in [-0.15, -0.1) is 0 Å². The van der Waals surface area contributed by atoms with Crippen LogP contribution >= 0.6 is 0 Å². The molecule has 5 rings (SSSR count). The number of nitrogens with zero attached hydrogens (tertiary/aromatic N) is 4. The molecule has 8 nitrogen and oxygen atoms in total. The van der Waals surface area contributed by atoms with E-state index >= 15 is 0 Å². The fraction of sp³-hybridized carbons (Fsp3) is 0.208. The molecule has 4 aromatic rings. The molecule has 3 heterocycles. The van der Waals surface area contributed by atoms with Crippen LogP contribution in [0.25, 0.3) is 11.0 Å². The van der Waals surface area contributed by atoms with E-state index in [0.29, 0.717) is 40.3 Å². The summed E-state index contributed by atoms with van der Waals surface area (Å²) in [6, 6.07) is 10.7. The number of H-pyrrole nitrogens is 1. The molecule has 1 aliphatic rings. The number of β-amino-alcohol motifs (C(OH)–C–C–N with tert-alkyl or cyclic N) is 1. The maximum Gasteiger partial charge on any atom is 0.416 e. The largest absolute Gasteiger partial charge is 0.438 e. The lowest BCUT2D eigenvalue weighted by Gasteiger charge is -2.23. The number of alkyl halides is 3. The normalized spacial score (nSPS) is 16.4. The number of anilines is 2. The lowest BCUT2D eigenvalue weighted by Crippen LogP contribution is -2.35. The molecule has 2 amide bonds. The number of carbonyl (C=O) groups excluding carboxylic acids is 1. The van der Waals surface area contributed by atoms with E-state index in [1.54, 1.807) is 30.5 Å². The van der Waals surface area contributed by atoms with Gasteiger partial charge < -0.3 is 14.8 Å². The van der Waals surface area contributed by atoms with E-state index in [0.717, 1.165) is 17.0 Å². The number of aliphatic hydroxyl groups excluding tert-OH is 1. The van der Waals surface area contributed by atoms with Gasteiger partial charge in [-0.1, -0.05) is 13.0 Å². The minimum Gasteiger partial charge on any atom is -0.438 e. The van der Waals surface area contributed by atoms with E-state index in [9.17, 15) is 23.1 Å². The molecule has 0 spiro atoms. The molecule has 2 N–H and O–H groups in total. The topological polar surface area (TPSA) is 94.6 Å². The standard InChI is InChI=1S/C24H20F3N5O3/c1-2-14-10-17(35-22-18-8-9-28-21(18)29-13-30-22)6-7-19(14)32-20(33)12-31(23(32)34)16-5-3-4-15(11-16)24(25,26)27/h3-11,13,20,33H,2,12H2,1H3,(H,28,29,30). The second kappa shape index (κ2) is 8.58. The Morgan fingerprint density at radius 2 is 2.00 bits per heavy atom. The van der Waals surface area contributed by atoms with Crippen LogP contribution in [0.1, 0.15) is 18.1 Å². The molecule has 180 valence electrons. The Morgan fingerprint density at radius 1 is 1.17 bits per heavy atom. The lowest BCUT2D eigenvalue weighted by atomic mass is 10.1. The Bertz CT molecular complexity index is 1400. The zero-order valence-electron chi connectivity index (χ0n) is 18.5. The van der Waals surface area contributed by atoms with Crippen molar-refractivity contribution in [1.82, 2.24) is 15.0 Å². The van der Waals surface area contributed by atoms with Gasteiger partial charge >= 0.3 is 12.2 Å². The highest BCUT2D eigenvalue weighted by molar-refractivity contribution is 6.07. The summed E-state index contributed by atoms with van der Waals surface area (Å²) in [7, 11) is 0. The molecule has 0 bridgehead atoms. The maximum absolute atomic E-state index is 13.2. The second-order valence-corrected chi connectivity index (χ2v) is 7.96. The Labute approximate surface area is 197 Å². The van der Waals surface area contributed by atoms with Crippen LogP contribution < -0.4 is 14.5 Å². The summed E-state index contributed by atoms with van der Waals surface area (Å²) < 4.78 is 45.4. The van der Waals surface area contributed by atoms with Crippen LogP contribution in [0.4, 0.5) is 29.3 Å². The van der Waals surface area contributed by atoms with Gasteiger partial charge in [-0.2, -0.15) is 13.2 Å². The van der Waals surface area contributed by atoms with E-state index in [4.69, 9.17) is 4.74 Å². The first-order valence-corrected chi connectivity index (χ1v) is 10.8. The highest BCUT2D eigenvalue weighted by Crippen LogP contribution is 2.36. The van der Waals surface area contributed by atoms with Gasteiger partial charge in [0.05, 0.1) is 23.2 Å². The molecular formula is C24H20F3N5O3. The number of fused-ring (bicyclic) bond motifs is 1. The fourth-order valence-electron chi connectivity index (χ4n) is 4.10. The highest BCUT2D eigenvalue weighted by Gasteiger charge is 2.40. The van der Waals surface area contributed by atoms with Crippen molar-refractivity contribution in [1.29, 1.82) is 0 Å². The van der Waals surface area contributed by atoms with Crippen LogP contribution in [-0.2, 0) is 12.6 Å². The van der Waals surface area contributed by atoms with Gasteiger partial charge in [-0.25, -0.2) is 14.8 Å². The number of ether oxygens (including phenoxy) is 1. The summed E-state index contributed by atoms with van der Waals surface area (Å²) in [6.45, 7) is 1.71. The summed E-state index contributed by atoms with van der Waals surface area (Å²) in [5, 5.41) is 11.4. The summed E-state index contributed by atoms with van der Waals surface area (Å²) in [5.41, 5.74) is 0.973. The van der Waals surface area contributed by atoms with E-state index < -0.39 is 24.0 Å². The zero-order chi connectivity index (χ0) is 24.7. The number of aliphatic hydroxyl groups is 1. The van der Waals surface area contributed by atoms with E-state index in [1.165, 1.54) is 23.4 Å². The Balaban J connectivity index is 1.43. The molecule has 35 heavy (non-hydrogen) atoms. The molecule has 1 aliphatic heterocycles. The number of rotatable bonds is 5. The van der Waals surface area contributed by atoms with Crippen molar-refractivity contribution in [2.75, 3.05) is 16.3 Å². The molecule has 1 saturated heterocycles. The number of aromatic nitrogens is 3. The zero-order valence-corrected chi connectivity index (χ0v) is 18.5. The van der Waals surface area contributed by atoms with Crippen molar-refractivity contribution in [2.24, 2.45) is 0 Å². The van der Waals surface area contributed by atoms with Crippen molar-refractivity contribution in [3.63, 3.8) is 0 Å². The lowest BCUT2D eigenvalue weighted by molar-refractivity contribution is -0.137. The van der Waals surface area contributed by atoms with Gasteiger partial charge in [0.1, 0.15) is 17.7 Å². The van der Waals surface area contributed by atoms with Crippen LogP contribution in [0, 0.1) is 0 Å². The van der Waals surface area contributed by atoms with Crippen LogP contribution in [0.3, 0.4) is 0 Å². The monoisotopic (exact) mass is 483 g/mol. The molecule has 1 unspecified atom stereocenters. The van der Waals surface area contributed by atoms with Gasteiger partial charge in [0, 0.05) is 11.9 Å². The molecule has 1 atom stereocenters. The summed E-state index contributed by atoms with van der Waals surface area (Å²) in [6.07, 6.45) is -2.17. The van der Waals surface area contributed by atoms with Crippen molar-refractivity contribution < 1.29 is 27.8 Å². The SMILES string of the molecule is CCc1cc(Oc2ncnc3[nH]ccc23)ccc1N1C(=O)N(c2cccc(C(F)(F)F)c2)CC1O. The number of hydrogen-bond donors (Lipinski definition) is 2. The number of carbonyl (C=O) groups is 1. The first-order chi connectivity index (χ1) is 16.8. The minimum absolute atomic E-state index is 0.0589. The fourth-order valence-corrected chi connectivity index (χ4v) is 4.10. The molecule has 0 aliphatic carbocycles. The molecule has 0 radical (unpaired) electrons. The third-order valence-electron chi connectivity index (χ3n) is 5.79.